The lowest BCUT2D eigenvalue weighted by Gasteiger charge is -2.24. The van der Waals surface area contributed by atoms with Gasteiger partial charge in [0, 0.05) is 25.4 Å². The normalized spacial score (nSPS) is 16.3. The molecule has 0 unspecified atom stereocenters. The molecule has 1 aliphatic carbocycles. The van der Waals surface area contributed by atoms with E-state index in [1.54, 1.807) is 11.0 Å². The number of carbonyl (C=O) groups is 1. The zero-order chi connectivity index (χ0) is 11.5. The molecule has 2 rings (SSSR count). The molecule has 1 fully saturated rings. The van der Waals surface area contributed by atoms with Crippen molar-refractivity contribution in [2.75, 3.05) is 7.05 Å². The van der Waals surface area contributed by atoms with Crippen molar-refractivity contribution in [2.45, 2.75) is 31.7 Å². The molecule has 1 aromatic heterocycles. The van der Waals surface area contributed by atoms with Gasteiger partial charge in [0.15, 0.2) is 0 Å². The number of nitrogens with zero attached hydrogens (tertiary/aromatic N) is 1. The van der Waals surface area contributed by atoms with E-state index in [1.165, 1.54) is 25.1 Å². The molecule has 1 aliphatic rings. The maximum absolute atomic E-state index is 12.0. The highest BCUT2D eigenvalue weighted by molar-refractivity contribution is 5.93. The van der Waals surface area contributed by atoms with Gasteiger partial charge < -0.3 is 9.88 Å². The monoisotopic (exact) mass is 220 g/mol. The van der Waals surface area contributed by atoms with E-state index in [-0.39, 0.29) is 11.5 Å². The van der Waals surface area contributed by atoms with Crippen LogP contribution in [-0.4, -0.2) is 28.9 Å². The van der Waals surface area contributed by atoms with Crippen LogP contribution in [-0.2, 0) is 0 Å². The fourth-order valence-electron chi connectivity index (χ4n) is 2.20. The summed E-state index contributed by atoms with van der Waals surface area (Å²) in [4.78, 5) is 27.3. The molecule has 0 aliphatic heterocycles. The summed E-state index contributed by atoms with van der Waals surface area (Å²) in [6, 6.07) is 3.32. The van der Waals surface area contributed by atoms with E-state index in [2.05, 4.69) is 4.98 Å². The topological polar surface area (TPSA) is 53.2 Å². The summed E-state index contributed by atoms with van der Waals surface area (Å²) in [6.45, 7) is 0. The van der Waals surface area contributed by atoms with E-state index in [1.807, 2.05) is 7.05 Å². The highest BCUT2D eigenvalue weighted by Gasteiger charge is 2.24. The molecule has 0 aromatic carbocycles. The second kappa shape index (κ2) is 4.51. The number of H-pyrrole nitrogens is 1. The Bertz CT molecular complexity index is 412. The van der Waals surface area contributed by atoms with Crippen LogP contribution in [0.25, 0.3) is 0 Å². The predicted octanol–water partition coefficient (Wildman–Crippen LogP) is 1.39. The Kier molecular flexibility index (Phi) is 3.08. The fraction of sp³-hybridized carbons (Fsp3) is 0.500. The Morgan fingerprint density at radius 2 is 2.06 bits per heavy atom. The van der Waals surface area contributed by atoms with Crippen molar-refractivity contribution in [3.8, 4) is 0 Å². The number of nitrogens with one attached hydrogen (secondary N) is 1. The first-order valence-electron chi connectivity index (χ1n) is 5.64. The van der Waals surface area contributed by atoms with Crippen molar-refractivity contribution in [1.82, 2.24) is 9.88 Å². The third-order valence-corrected chi connectivity index (χ3v) is 3.22. The molecule has 1 N–H and O–H groups in total. The van der Waals surface area contributed by atoms with Gasteiger partial charge in [0.05, 0.1) is 5.56 Å². The van der Waals surface area contributed by atoms with Gasteiger partial charge in [0.25, 0.3) is 5.91 Å². The van der Waals surface area contributed by atoms with Crippen LogP contribution in [0.5, 0.6) is 0 Å². The molecule has 1 saturated carbocycles. The quantitative estimate of drug-likeness (QED) is 0.818. The first-order chi connectivity index (χ1) is 7.68. The fourth-order valence-corrected chi connectivity index (χ4v) is 2.20. The summed E-state index contributed by atoms with van der Waals surface area (Å²) in [5.74, 6) is -0.0110. The number of hydrogen-bond donors (Lipinski definition) is 1. The molecule has 1 heterocycles. The van der Waals surface area contributed by atoms with Crippen molar-refractivity contribution < 1.29 is 4.79 Å². The van der Waals surface area contributed by atoms with Crippen LogP contribution < -0.4 is 5.56 Å². The number of hydrogen-bond acceptors (Lipinski definition) is 2. The second-order valence-corrected chi connectivity index (χ2v) is 4.30. The van der Waals surface area contributed by atoms with Crippen molar-refractivity contribution in [1.29, 1.82) is 0 Å². The lowest BCUT2D eigenvalue weighted by Crippen LogP contribution is -2.35. The molecule has 0 radical (unpaired) electrons. The van der Waals surface area contributed by atoms with Crippen LogP contribution in [0, 0.1) is 0 Å². The van der Waals surface area contributed by atoms with Crippen molar-refractivity contribution in [3.05, 3.63) is 34.2 Å². The highest BCUT2D eigenvalue weighted by Crippen LogP contribution is 2.23. The van der Waals surface area contributed by atoms with Gasteiger partial charge in [-0.15, -0.1) is 0 Å². The minimum Gasteiger partial charge on any atom is -0.339 e. The summed E-state index contributed by atoms with van der Waals surface area (Å²) in [5.41, 5.74) is 0.370. The van der Waals surface area contributed by atoms with Gasteiger partial charge in [-0.1, -0.05) is 12.8 Å². The van der Waals surface area contributed by atoms with Crippen molar-refractivity contribution in [2.24, 2.45) is 0 Å². The number of carbonyl (C=O) groups excluding carboxylic acids is 1. The van der Waals surface area contributed by atoms with E-state index >= 15 is 0 Å². The van der Waals surface area contributed by atoms with Gasteiger partial charge in [-0.3, -0.25) is 9.59 Å². The zero-order valence-corrected chi connectivity index (χ0v) is 9.40. The molecule has 0 spiro atoms. The van der Waals surface area contributed by atoms with Crippen LogP contribution in [0.2, 0.25) is 0 Å². The van der Waals surface area contributed by atoms with Gasteiger partial charge in [0.1, 0.15) is 0 Å². The number of aromatic nitrogens is 1. The van der Waals surface area contributed by atoms with Crippen LogP contribution in [0.3, 0.4) is 0 Å². The molecule has 0 saturated heterocycles. The summed E-state index contributed by atoms with van der Waals surface area (Å²) in [7, 11) is 1.84. The Morgan fingerprint density at radius 1 is 1.38 bits per heavy atom. The molecular formula is C12H16N2O2. The number of aromatic amines is 1. The van der Waals surface area contributed by atoms with Gasteiger partial charge >= 0.3 is 0 Å². The Morgan fingerprint density at radius 3 is 2.62 bits per heavy atom. The molecule has 0 bridgehead atoms. The summed E-state index contributed by atoms with van der Waals surface area (Å²) in [6.07, 6.45) is 6.06. The Hall–Kier alpha value is -1.58. The second-order valence-electron chi connectivity index (χ2n) is 4.30. The molecule has 4 nitrogen and oxygen atoms in total. The van der Waals surface area contributed by atoms with Crippen LogP contribution in [0.1, 0.15) is 36.0 Å². The number of rotatable bonds is 2. The first-order valence-corrected chi connectivity index (χ1v) is 5.64. The third-order valence-electron chi connectivity index (χ3n) is 3.22. The Labute approximate surface area is 94.3 Å². The largest absolute Gasteiger partial charge is 0.339 e. The first kappa shape index (κ1) is 10.9. The lowest BCUT2D eigenvalue weighted by molar-refractivity contribution is 0.0734. The third kappa shape index (κ3) is 2.15. The van der Waals surface area contributed by atoms with E-state index in [4.69, 9.17) is 0 Å². The van der Waals surface area contributed by atoms with Gasteiger partial charge in [-0.25, -0.2) is 0 Å². The Balaban J connectivity index is 2.11. The molecule has 0 atom stereocenters. The lowest BCUT2D eigenvalue weighted by atomic mass is 10.2. The molecule has 1 aromatic rings. The average Bonchev–Trinajstić information content (AvgIpc) is 2.81. The number of amides is 1. The zero-order valence-electron chi connectivity index (χ0n) is 9.40. The molecule has 16 heavy (non-hydrogen) atoms. The average molecular weight is 220 g/mol. The van der Waals surface area contributed by atoms with Gasteiger partial charge in [0.2, 0.25) is 5.56 Å². The van der Waals surface area contributed by atoms with E-state index < -0.39 is 0 Å². The van der Waals surface area contributed by atoms with Crippen LogP contribution >= 0.6 is 0 Å². The molecule has 86 valence electrons. The number of pyridine rings is 1. The summed E-state index contributed by atoms with van der Waals surface area (Å²) < 4.78 is 0. The summed E-state index contributed by atoms with van der Waals surface area (Å²) >= 11 is 0. The maximum atomic E-state index is 12.0. The van der Waals surface area contributed by atoms with Crippen LogP contribution in [0.15, 0.2) is 23.1 Å². The highest BCUT2D eigenvalue weighted by atomic mass is 16.2. The van der Waals surface area contributed by atoms with E-state index in [9.17, 15) is 9.59 Å². The maximum Gasteiger partial charge on any atom is 0.255 e. The van der Waals surface area contributed by atoms with Gasteiger partial charge in [-0.2, -0.15) is 0 Å². The summed E-state index contributed by atoms with van der Waals surface area (Å²) in [5, 5.41) is 0. The van der Waals surface area contributed by atoms with E-state index in [0.29, 0.717) is 11.6 Å². The minimum atomic E-state index is -0.180. The molecule has 4 heteroatoms. The molecule has 1 amide bonds. The SMILES string of the molecule is CN(C(=O)c1ccc(=O)[nH]c1)C1CCCC1. The minimum absolute atomic E-state index is 0.0110. The van der Waals surface area contributed by atoms with E-state index in [0.717, 1.165) is 12.8 Å². The smallest absolute Gasteiger partial charge is 0.255 e. The van der Waals surface area contributed by atoms with Crippen LogP contribution in [0.4, 0.5) is 0 Å². The predicted molar refractivity (Wildman–Crippen MR) is 61.4 cm³/mol. The standard InChI is InChI=1S/C12H16N2O2/c1-14(10-4-2-3-5-10)12(16)9-6-7-11(15)13-8-9/h6-8,10H,2-5H2,1H3,(H,13,15). The van der Waals surface area contributed by atoms with Crippen molar-refractivity contribution >= 4 is 5.91 Å². The molecular weight excluding hydrogens is 204 g/mol. The van der Waals surface area contributed by atoms with Gasteiger partial charge in [-0.05, 0) is 18.9 Å². The van der Waals surface area contributed by atoms with Crippen molar-refractivity contribution in [3.63, 3.8) is 0 Å².